The van der Waals surface area contributed by atoms with Crippen molar-refractivity contribution in [2.75, 3.05) is 7.11 Å². The number of primary amides is 1. The summed E-state index contributed by atoms with van der Waals surface area (Å²) in [5, 5.41) is 0. The number of ether oxygens (including phenoxy) is 2. The Hall–Kier alpha value is -1.89. The van der Waals surface area contributed by atoms with Gasteiger partial charge in [-0.15, -0.1) is 0 Å². The first-order chi connectivity index (χ1) is 8.43. The lowest BCUT2D eigenvalue weighted by atomic mass is 10.0. The molecule has 1 amide bonds. The SMILES string of the molecule is COc1ccc(C(N)CC(N)=O)cc1OC(F)F. The fraction of sp³-hybridized carbons (Fsp3) is 0.364. The van der Waals surface area contributed by atoms with Crippen LogP contribution in [0.15, 0.2) is 18.2 Å². The summed E-state index contributed by atoms with van der Waals surface area (Å²) in [6.07, 6.45) is -0.0829. The van der Waals surface area contributed by atoms with Crippen LogP contribution in [0, 0.1) is 0 Å². The quantitative estimate of drug-likeness (QED) is 0.803. The van der Waals surface area contributed by atoms with Gasteiger partial charge in [-0.25, -0.2) is 0 Å². The third-order valence-corrected chi connectivity index (χ3v) is 2.25. The van der Waals surface area contributed by atoms with Gasteiger partial charge in [-0.3, -0.25) is 4.79 Å². The largest absolute Gasteiger partial charge is 0.493 e. The number of halogens is 2. The number of hydrogen-bond donors (Lipinski definition) is 2. The molecule has 7 heteroatoms. The van der Waals surface area contributed by atoms with Gasteiger partial charge in [-0.05, 0) is 17.7 Å². The first-order valence-corrected chi connectivity index (χ1v) is 5.10. The Balaban J connectivity index is 2.97. The molecule has 1 unspecified atom stereocenters. The predicted molar refractivity (Wildman–Crippen MR) is 60.4 cm³/mol. The molecule has 1 aromatic carbocycles. The fourth-order valence-corrected chi connectivity index (χ4v) is 1.45. The number of carbonyl (C=O) groups is 1. The minimum atomic E-state index is -2.97. The molecule has 0 spiro atoms. The van der Waals surface area contributed by atoms with Crippen LogP contribution in [-0.2, 0) is 4.79 Å². The van der Waals surface area contributed by atoms with Gasteiger partial charge in [-0.1, -0.05) is 6.07 Å². The maximum atomic E-state index is 12.2. The molecule has 0 saturated heterocycles. The van der Waals surface area contributed by atoms with Gasteiger partial charge < -0.3 is 20.9 Å². The average molecular weight is 260 g/mol. The summed E-state index contributed by atoms with van der Waals surface area (Å²) in [5.74, 6) is -0.551. The molecule has 0 bridgehead atoms. The number of alkyl halides is 2. The second-order valence-corrected chi connectivity index (χ2v) is 3.57. The third kappa shape index (κ3) is 3.85. The van der Waals surface area contributed by atoms with Crippen LogP contribution in [-0.4, -0.2) is 19.6 Å². The number of hydrogen-bond acceptors (Lipinski definition) is 4. The highest BCUT2D eigenvalue weighted by Crippen LogP contribution is 2.31. The zero-order valence-electron chi connectivity index (χ0n) is 9.73. The van der Waals surface area contributed by atoms with E-state index in [4.69, 9.17) is 16.2 Å². The van der Waals surface area contributed by atoms with Crippen LogP contribution in [0.1, 0.15) is 18.0 Å². The number of benzene rings is 1. The van der Waals surface area contributed by atoms with E-state index in [1.54, 1.807) is 6.07 Å². The molecule has 4 N–H and O–H groups in total. The molecule has 1 rings (SSSR count). The summed E-state index contributed by atoms with van der Waals surface area (Å²) in [7, 11) is 1.33. The monoisotopic (exact) mass is 260 g/mol. The van der Waals surface area contributed by atoms with Crippen molar-refractivity contribution in [1.29, 1.82) is 0 Å². The molecule has 0 aliphatic carbocycles. The van der Waals surface area contributed by atoms with Crippen molar-refractivity contribution in [1.82, 2.24) is 0 Å². The number of rotatable bonds is 6. The lowest BCUT2D eigenvalue weighted by Gasteiger charge is -2.14. The Morgan fingerprint density at radius 3 is 2.56 bits per heavy atom. The number of nitrogens with two attached hydrogens (primary N) is 2. The topological polar surface area (TPSA) is 87.6 Å². The van der Waals surface area contributed by atoms with Crippen LogP contribution in [0.25, 0.3) is 0 Å². The maximum absolute atomic E-state index is 12.2. The van der Waals surface area contributed by atoms with Gasteiger partial charge in [0.25, 0.3) is 0 Å². The van der Waals surface area contributed by atoms with Gasteiger partial charge in [0.05, 0.1) is 7.11 Å². The number of methoxy groups -OCH3 is 1. The van der Waals surface area contributed by atoms with E-state index in [-0.39, 0.29) is 17.9 Å². The summed E-state index contributed by atoms with van der Waals surface area (Å²) >= 11 is 0. The van der Waals surface area contributed by atoms with Gasteiger partial charge in [0.1, 0.15) is 0 Å². The summed E-state index contributed by atoms with van der Waals surface area (Å²) in [4.78, 5) is 10.7. The Kier molecular flexibility index (Phi) is 4.85. The molecule has 1 aromatic rings. The molecular weight excluding hydrogens is 246 g/mol. The molecule has 1 atom stereocenters. The maximum Gasteiger partial charge on any atom is 0.387 e. The molecule has 0 saturated carbocycles. The van der Waals surface area contributed by atoms with Crippen molar-refractivity contribution in [3.8, 4) is 11.5 Å². The van der Waals surface area contributed by atoms with Crippen LogP contribution >= 0.6 is 0 Å². The molecule has 0 aliphatic rings. The van der Waals surface area contributed by atoms with Crippen LogP contribution in [0.4, 0.5) is 8.78 Å². The Labute approximate surface area is 103 Å². The van der Waals surface area contributed by atoms with Crippen molar-refractivity contribution >= 4 is 5.91 Å². The second kappa shape index (κ2) is 6.15. The van der Waals surface area contributed by atoms with Crippen LogP contribution in [0.5, 0.6) is 11.5 Å². The Morgan fingerprint density at radius 2 is 2.06 bits per heavy atom. The minimum absolute atomic E-state index is 0.0829. The molecule has 18 heavy (non-hydrogen) atoms. The Bertz CT molecular complexity index is 427. The lowest BCUT2D eigenvalue weighted by molar-refractivity contribution is -0.118. The van der Waals surface area contributed by atoms with Crippen molar-refractivity contribution in [2.24, 2.45) is 11.5 Å². The standard InChI is InChI=1S/C11H14F2N2O3/c1-17-8-3-2-6(7(14)5-10(15)16)4-9(8)18-11(12)13/h2-4,7,11H,5,14H2,1H3,(H2,15,16). The third-order valence-electron chi connectivity index (χ3n) is 2.25. The van der Waals surface area contributed by atoms with E-state index in [1.807, 2.05) is 0 Å². The molecule has 5 nitrogen and oxygen atoms in total. The van der Waals surface area contributed by atoms with Crippen molar-refractivity contribution in [3.05, 3.63) is 23.8 Å². The predicted octanol–water partition coefficient (Wildman–Crippen LogP) is 1.17. The van der Waals surface area contributed by atoms with Gasteiger partial charge in [0.2, 0.25) is 5.91 Å². The van der Waals surface area contributed by atoms with E-state index in [2.05, 4.69) is 4.74 Å². The summed E-state index contributed by atoms with van der Waals surface area (Å²) in [6.45, 7) is -2.97. The van der Waals surface area contributed by atoms with Crippen LogP contribution in [0.2, 0.25) is 0 Å². The fourth-order valence-electron chi connectivity index (χ4n) is 1.45. The van der Waals surface area contributed by atoms with Crippen molar-refractivity contribution in [2.45, 2.75) is 19.1 Å². The van der Waals surface area contributed by atoms with Crippen molar-refractivity contribution in [3.63, 3.8) is 0 Å². The smallest absolute Gasteiger partial charge is 0.387 e. The van der Waals surface area contributed by atoms with E-state index < -0.39 is 18.6 Å². The van der Waals surface area contributed by atoms with Gasteiger partial charge >= 0.3 is 6.61 Å². The zero-order valence-corrected chi connectivity index (χ0v) is 9.73. The van der Waals surface area contributed by atoms with Crippen LogP contribution < -0.4 is 20.9 Å². The highest BCUT2D eigenvalue weighted by Gasteiger charge is 2.15. The average Bonchev–Trinajstić information content (AvgIpc) is 2.27. The van der Waals surface area contributed by atoms with E-state index in [0.717, 1.165) is 0 Å². The van der Waals surface area contributed by atoms with E-state index in [9.17, 15) is 13.6 Å². The Morgan fingerprint density at radius 1 is 1.39 bits per heavy atom. The van der Waals surface area contributed by atoms with E-state index >= 15 is 0 Å². The van der Waals surface area contributed by atoms with Crippen LogP contribution in [0.3, 0.4) is 0 Å². The lowest BCUT2D eigenvalue weighted by Crippen LogP contribution is -2.20. The van der Waals surface area contributed by atoms with Gasteiger partial charge in [-0.2, -0.15) is 8.78 Å². The minimum Gasteiger partial charge on any atom is -0.493 e. The zero-order chi connectivity index (χ0) is 13.7. The number of amides is 1. The van der Waals surface area contributed by atoms with Gasteiger partial charge in [0.15, 0.2) is 11.5 Å². The van der Waals surface area contributed by atoms with Gasteiger partial charge in [0, 0.05) is 12.5 Å². The summed E-state index contributed by atoms with van der Waals surface area (Å²) in [5.41, 5.74) is 11.2. The molecule has 0 fully saturated rings. The normalized spacial score (nSPS) is 12.3. The molecule has 0 aliphatic heterocycles. The van der Waals surface area contributed by atoms with E-state index in [0.29, 0.717) is 5.56 Å². The summed E-state index contributed by atoms with van der Waals surface area (Å²) < 4.78 is 33.6. The highest BCUT2D eigenvalue weighted by atomic mass is 19.3. The first-order valence-electron chi connectivity index (χ1n) is 5.10. The second-order valence-electron chi connectivity index (χ2n) is 3.57. The summed E-state index contributed by atoms with van der Waals surface area (Å²) in [6, 6.07) is 3.63. The molecule has 0 radical (unpaired) electrons. The van der Waals surface area contributed by atoms with Crippen molar-refractivity contribution < 1.29 is 23.0 Å². The molecular formula is C11H14F2N2O3. The number of carbonyl (C=O) groups excluding carboxylic acids is 1. The molecule has 100 valence electrons. The van der Waals surface area contributed by atoms with E-state index in [1.165, 1.54) is 19.2 Å². The molecule has 0 aromatic heterocycles. The highest BCUT2D eigenvalue weighted by molar-refractivity contribution is 5.74. The first kappa shape index (κ1) is 14.2. The molecule has 0 heterocycles.